The van der Waals surface area contributed by atoms with Crippen LogP contribution in [-0.2, 0) is 11.2 Å². The van der Waals surface area contributed by atoms with Crippen molar-refractivity contribution >= 4 is 5.91 Å². The number of benzene rings is 1. The summed E-state index contributed by atoms with van der Waals surface area (Å²) < 4.78 is 5.51. The average molecular weight is 389 g/mol. The fraction of sp³-hybridized carbons (Fsp3) is 0.696. The van der Waals surface area contributed by atoms with Crippen molar-refractivity contribution in [2.45, 2.75) is 45.6 Å². The summed E-state index contributed by atoms with van der Waals surface area (Å²) in [6, 6.07) is 8.65. The van der Waals surface area contributed by atoms with E-state index in [1.54, 1.807) is 0 Å². The standard InChI is InChI=1S/C23H36N2O3/c1-18(2)16-19-5-7-20(8-6-19)23(27)25-10-9-22(21(17-25)4-3-13-26)24-11-14-28-15-12-24/h5-8,18,21-22,26H,3-4,9-17H2,1-2H3. The van der Waals surface area contributed by atoms with Crippen LogP contribution in [-0.4, -0.2) is 72.9 Å². The summed E-state index contributed by atoms with van der Waals surface area (Å²) in [4.78, 5) is 17.6. The summed E-state index contributed by atoms with van der Waals surface area (Å²) >= 11 is 0. The number of carbonyl (C=O) groups is 1. The summed E-state index contributed by atoms with van der Waals surface area (Å²) in [5.41, 5.74) is 2.08. The third-order valence-electron chi connectivity index (χ3n) is 6.07. The van der Waals surface area contributed by atoms with Crippen LogP contribution in [0.2, 0.25) is 0 Å². The minimum absolute atomic E-state index is 0.144. The number of amides is 1. The Kier molecular flexibility index (Phi) is 7.89. The van der Waals surface area contributed by atoms with Crippen molar-refractivity contribution in [3.63, 3.8) is 0 Å². The molecule has 0 radical (unpaired) electrons. The van der Waals surface area contributed by atoms with Gasteiger partial charge in [-0.1, -0.05) is 26.0 Å². The first-order chi connectivity index (χ1) is 13.6. The Bertz CT molecular complexity index is 611. The lowest BCUT2D eigenvalue weighted by Gasteiger charge is -2.45. The molecular formula is C23H36N2O3. The van der Waals surface area contributed by atoms with Gasteiger partial charge in [0.05, 0.1) is 13.2 Å². The molecule has 5 nitrogen and oxygen atoms in total. The van der Waals surface area contributed by atoms with Gasteiger partial charge in [0.1, 0.15) is 0 Å². The number of ether oxygens (including phenoxy) is 1. The summed E-state index contributed by atoms with van der Waals surface area (Å²) in [6.45, 7) is 9.80. The number of likely N-dealkylation sites (tertiary alicyclic amines) is 1. The van der Waals surface area contributed by atoms with E-state index in [1.165, 1.54) is 5.56 Å². The smallest absolute Gasteiger partial charge is 0.253 e. The monoisotopic (exact) mass is 388 g/mol. The molecule has 2 saturated heterocycles. The summed E-state index contributed by atoms with van der Waals surface area (Å²) in [5.74, 6) is 1.18. The van der Waals surface area contributed by atoms with Gasteiger partial charge in [-0.3, -0.25) is 9.69 Å². The SMILES string of the molecule is CC(C)Cc1ccc(C(=O)N2CCC(N3CCOCC3)C(CCCO)C2)cc1. The Hall–Kier alpha value is -1.43. The van der Waals surface area contributed by atoms with Crippen LogP contribution in [0.4, 0.5) is 0 Å². The van der Waals surface area contributed by atoms with Crippen molar-refractivity contribution in [1.29, 1.82) is 0 Å². The number of nitrogens with zero attached hydrogens (tertiary/aromatic N) is 2. The quantitative estimate of drug-likeness (QED) is 0.780. The first-order valence-corrected chi connectivity index (χ1v) is 10.9. The van der Waals surface area contributed by atoms with Crippen LogP contribution in [0.5, 0.6) is 0 Å². The topological polar surface area (TPSA) is 53.0 Å². The first-order valence-electron chi connectivity index (χ1n) is 10.9. The molecule has 0 spiro atoms. The maximum Gasteiger partial charge on any atom is 0.253 e. The third kappa shape index (κ3) is 5.56. The van der Waals surface area contributed by atoms with Crippen molar-refractivity contribution in [2.24, 2.45) is 11.8 Å². The van der Waals surface area contributed by atoms with E-state index in [0.717, 1.165) is 70.6 Å². The van der Waals surface area contributed by atoms with Gasteiger partial charge in [0.25, 0.3) is 5.91 Å². The van der Waals surface area contributed by atoms with E-state index >= 15 is 0 Å². The fourth-order valence-electron chi connectivity index (χ4n) is 4.67. The lowest BCUT2D eigenvalue weighted by atomic mass is 9.86. The molecule has 1 N–H and O–H groups in total. The largest absolute Gasteiger partial charge is 0.396 e. The van der Waals surface area contributed by atoms with Crippen LogP contribution in [0.15, 0.2) is 24.3 Å². The number of hydrogen-bond acceptors (Lipinski definition) is 4. The van der Waals surface area contributed by atoms with E-state index in [1.807, 2.05) is 17.0 Å². The fourth-order valence-corrected chi connectivity index (χ4v) is 4.67. The van der Waals surface area contributed by atoms with E-state index in [4.69, 9.17) is 4.74 Å². The Labute approximate surface area is 169 Å². The zero-order chi connectivity index (χ0) is 19.9. The minimum atomic E-state index is 0.144. The highest BCUT2D eigenvalue weighted by atomic mass is 16.5. The van der Waals surface area contributed by atoms with Gasteiger partial charge in [0.2, 0.25) is 0 Å². The minimum Gasteiger partial charge on any atom is -0.396 e. The van der Waals surface area contributed by atoms with Crippen LogP contribution < -0.4 is 0 Å². The lowest BCUT2D eigenvalue weighted by Crippen LogP contribution is -2.55. The Morgan fingerprint density at radius 2 is 1.89 bits per heavy atom. The number of piperidine rings is 1. The van der Waals surface area contributed by atoms with Crippen molar-refractivity contribution < 1.29 is 14.6 Å². The number of rotatable bonds is 7. The molecule has 0 aliphatic carbocycles. The van der Waals surface area contributed by atoms with Gasteiger partial charge in [-0.25, -0.2) is 0 Å². The van der Waals surface area contributed by atoms with Gasteiger partial charge in [-0.2, -0.15) is 0 Å². The van der Waals surface area contributed by atoms with Crippen molar-refractivity contribution in [1.82, 2.24) is 9.80 Å². The van der Waals surface area contributed by atoms with Crippen LogP contribution in [0.1, 0.15) is 49.0 Å². The molecule has 5 heteroatoms. The maximum atomic E-state index is 13.1. The lowest BCUT2D eigenvalue weighted by molar-refractivity contribution is -0.0196. The van der Waals surface area contributed by atoms with Gasteiger partial charge in [0.15, 0.2) is 0 Å². The summed E-state index contributed by atoms with van der Waals surface area (Å²) in [6.07, 6.45) is 3.82. The maximum absolute atomic E-state index is 13.1. The second-order valence-electron chi connectivity index (χ2n) is 8.68. The van der Waals surface area contributed by atoms with Crippen LogP contribution in [0.3, 0.4) is 0 Å². The molecule has 2 aliphatic heterocycles. The molecular weight excluding hydrogens is 352 g/mol. The molecule has 2 fully saturated rings. The first kappa shape index (κ1) is 21.3. The van der Waals surface area contributed by atoms with Gasteiger partial charge >= 0.3 is 0 Å². The van der Waals surface area contributed by atoms with E-state index in [2.05, 4.69) is 30.9 Å². The van der Waals surface area contributed by atoms with Crippen LogP contribution >= 0.6 is 0 Å². The number of hydrogen-bond donors (Lipinski definition) is 1. The molecule has 2 unspecified atom stereocenters. The number of aliphatic hydroxyl groups excluding tert-OH is 1. The second kappa shape index (κ2) is 10.4. The normalized spacial score (nSPS) is 23.9. The summed E-state index contributed by atoms with van der Waals surface area (Å²) in [5, 5.41) is 9.32. The molecule has 1 aromatic rings. The highest BCUT2D eigenvalue weighted by Crippen LogP contribution is 2.28. The van der Waals surface area contributed by atoms with E-state index < -0.39 is 0 Å². The molecule has 0 saturated carbocycles. The molecule has 0 bridgehead atoms. The van der Waals surface area contributed by atoms with Gasteiger partial charge in [-0.15, -0.1) is 0 Å². The Morgan fingerprint density at radius 3 is 2.54 bits per heavy atom. The molecule has 2 heterocycles. The Morgan fingerprint density at radius 1 is 1.18 bits per heavy atom. The van der Waals surface area contributed by atoms with Crippen LogP contribution in [0, 0.1) is 11.8 Å². The number of morpholine rings is 1. The number of aliphatic hydroxyl groups is 1. The van der Waals surface area contributed by atoms with Gasteiger partial charge < -0.3 is 14.7 Å². The van der Waals surface area contributed by atoms with Gasteiger partial charge in [0, 0.05) is 44.4 Å². The van der Waals surface area contributed by atoms with E-state index in [-0.39, 0.29) is 12.5 Å². The Balaban J connectivity index is 1.64. The van der Waals surface area contributed by atoms with E-state index in [0.29, 0.717) is 17.9 Å². The van der Waals surface area contributed by atoms with Crippen molar-refractivity contribution in [3.8, 4) is 0 Å². The second-order valence-corrected chi connectivity index (χ2v) is 8.68. The molecule has 0 aromatic heterocycles. The molecule has 156 valence electrons. The molecule has 1 aromatic carbocycles. The predicted octanol–water partition coefficient (Wildman–Crippen LogP) is 2.82. The molecule has 2 aliphatic rings. The predicted molar refractivity (Wildman–Crippen MR) is 111 cm³/mol. The summed E-state index contributed by atoms with van der Waals surface area (Å²) in [7, 11) is 0. The average Bonchev–Trinajstić information content (AvgIpc) is 2.72. The molecule has 1 amide bonds. The van der Waals surface area contributed by atoms with Crippen LogP contribution in [0.25, 0.3) is 0 Å². The zero-order valence-corrected chi connectivity index (χ0v) is 17.5. The van der Waals surface area contributed by atoms with Crippen molar-refractivity contribution in [3.05, 3.63) is 35.4 Å². The van der Waals surface area contributed by atoms with Crippen molar-refractivity contribution in [2.75, 3.05) is 46.0 Å². The molecule has 28 heavy (non-hydrogen) atoms. The highest BCUT2D eigenvalue weighted by Gasteiger charge is 2.35. The molecule has 2 atom stereocenters. The van der Waals surface area contributed by atoms with E-state index in [9.17, 15) is 9.90 Å². The molecule has 3 rings (SSSR count). The highest BCUT2D eigenvalue weighted by molar-refractivity contribution is 5.94. The third-order valence-corrected chi connectivity index (χ3v) is 6.07. The number of carbonyl (C=O) groups excluding carboxylic acids is 1. The van der Waals surface area contributed by atoms with Gasteiger partial charge in [-0.05, 0) is 55.2 Å². The zero-order valence-electron chi connectivity index (χ0n) is 17.5.